The summed E-state index contributed by atoms with van der Waals surface area (Å²) in [6, 6.07) is -0.478. The van der Waals surface area contributed by atoms with E-state index >= 15 is 0 Å². The molecule has 1 N–H and O–H groups in total. The smallest absolute Gasteiger partial charge is 0.245 e. The highest BCUT2D eigenvalue weighted by atomic mass is 16.3. The first-order chi connectivity index (χ1) is 8.01. The molecule has 1 aliphatic rings. The first-order valence-corrected chi connectivity index (χ1v) is 6.25. The Morgan fingerprint density at radius 3 is 2.53 bits per heavy atom. The van der Waals surface area contributed by atoms with Crippen LogP contribution in [0.2, 0.25) is 0 Å². The molecule has 0 aromatic heterocycles. The van der Waals surface area contributed by atoms with E-state index in [-0.39, 0.29) is 18.4 Å². The Balaban J connectivity index is 2.75. The Kier molecular flexibility index (Phi) is 4.93. The zero-order valence-corrected chi connectivity index (χ0v) is 10.8. The summed E-state index contributed by atoms with van der Waals surface area (Å²) in [7, 11) is 0. The molecule has 1 aliphatic heterocycles. The molecule has 0 unspecified atom stereocenters. The van der Waals surface area contributed by atoms with E-state index in [1.807, 2.05) is 13.8 Å². The lowest BCUT2D eigenvalue weighted by atomic mass is 10.1. The van der Waals surface area contributed by atoms with E-state index in [1.54, 1.807) is 4.90 Å². The molecule has 1 saturated heterocycles. The van der Waals surface area contributed by atoms with Gasteiger partial charge in [0.2, 0.25) is 11.8 Å². The topological polar surface area (TPSA) is 60.9 Å². The molecule has 5 nitrogen and oxygen atoms in total. The Hall–Kier alpha value is -1.10. The lowest BCUT2D eigenvalue weighted by molar-refractivity contribution is -0.142. The molecular formula is C12H22N2O3. The molecule has 0 aromatic carbocycles. The van der Waals surface area contributed by atoms with Crippen molar-refractivity contribution in [2.45, 2.75) is 45.8 Å². The zero-order chi connectivity index (χ0) is 13.0. The molecule has 2 atom stereocenters. The zero-order valence-electron chi connectivity index (χ0n) is 10.8. The summed E-state index contributed by atoms with van der Waals surface area (Å²) in [5.74, 6) is -0.187. The Morgan fingerprint density at radius 1 is 1.41 bits per heavy atom. The van der Waals surface area contributed by atoms with Gasteiger partial charge in [0.15, 0.2) is 0 Å². The maximum atomic E-state index is 12.2. The van der Waals surface area contributed by atoms with Gasteiger partial charge in [-0.1, -0.05) is 6.92 Å². The van der Waals surface area contributed by atoms with Gasteiger partial charge in [0.05, 0.1) is 6.10 Å². The van der Waals surface area contributed by atoms with Crippen LogP contribution in [-0.2, 0) is 9.59 Å². The predicted octanol–water partition coefficient (Wildman–Crippen LogP) is 0.227. The number of aliphatic hydroxyl groups excluding tert-OH is 1. The highest BCUT2D eigenvalue weighted by Crippen LogP contribution is 2.20. The first kappa shape index (κ1) is 14.0. The van der Waals surface area contributed by atoms with E-state index < -0.39 is 12.1 Å². The average molecular weight is 242 g/mol. The number of carbonyl (C=O) groups is 2. The Morgan fingerprint density at radius 2 is 2.06 bits per heavy atom. The molecule has 0 saturated carbocycles. The van der Waals surface area contributed by atoms with E-state index in [4.69, 9.17) is 0 Å². The molecule has 1 fully saturated rings. The predicted molar refractivity (Wildman–Crippen MR) is 64.3 cm³/mol. The van der Waals surface area contributed by atoms with E-state index in [1.165, 1.54) is 11.8 Å². The number of amides is 2. The molecule has 0 aliphatic carbocycles. The third-order valence-electron chi connectivity index (χ3n) is 3.16. The van der Waals surface area contributed by atoms with Crippen molar-refractivity contribution in [2.24, 2.45) is 0 Å². The summed E-state index contributed by atoms with van der Waals surface area (Å²) >= 11 is 0. The summed E-state index contributed by atoms with van der Waals surface area (Å²) in [5.41, 5.74) is 0. The normalized spacial score (nSPS) is 23.9. The molecule has 2 amide bonds. The fourth-order valence-electron chi connectivity index (χ4n) is 2.30. The number of β-amino-alcohol motifs (C(OH)–C–C–N with tert-alkyl or cyclic N) is 1. The van der Waals surface area contributed by atoms with Crippen molar-refractivity contribution in [1.29, 1.82) is 0 Å². The lowest BCUT2D eigenvalue weighted by Crippen LogP contribution is -2.47. The van der Waals surface area contributed by atoms with Crippen molar-refractivity contribution in [3.05, 3.63) is 0 Å². The monoisotopic (exact) mass is 242 g/mol. The molecule has 1 heterocycles. The molecule has 0 radical (unpaired) electrons. The second-order valence-electron chi connectivity index (χ2n) is 4.49. The number of likely N-dealkylation sites (tertiary alicyclic amines) is 1. The van der Waals surface area contributed by atoms with Crippen LogP contribution in [0.4, 0.5) is 0 Å². The fourth-order valence-corrected chi connectivity index (χ4v) is 2.30. The number of hydrogen-bond acceptors (Lipinski definition) is 3. The summed E-state index contributed by atoms with van der Waals surface area (Å²) in [6.07, 6.45) is 0.682. The lowest BCUT2D eigenvalue weighted by Gasteiger charge is -2.28. The SMILES string of the molecule is CCCN(CC)C(=O)[C@@H]1C[C@@H](O)CN1C(C)=O. The van der Waals surface area contributed by atoms with Crippen molar-refractivity contribution >= 4 is 11.8 Å². The van der Waals surface area contributed by atoms with Gasteiger partial charge < -0.3 is 14.9 Å². The molecule has 1 rings (SSSR count). The van der Waals surface area contributed by atoms with Crippen LogP contribution in [0.3, 0.4) is 0 Å². The summed E-state index contributed by atoms with van der Waals surface area (Å²) in [4.78, 5) is 26.9. The number of hydrogen-bond donors (Lipinski definition) is 1. The Labute approximate surface area is 102 Å². The Bertz CT molecular complexity index is 293. The maximum Gasteiger partial charge on any atom is 0.245 e. The fraction of sp³-hybridized carbons (Fsp3) is 0.833. The first-order valence-electron chi connectivity index (χ1n) is 6.25. The van der Waals surface area contributed by atoms with Gasteiger partial charge in [-0.15, -0.1) is 0 Å². The molecule has 0 spiro atoms. The molecule has 0 aromatic rings. The van der Waals surface area contributed by atoms with Gasteiger partial charge in [-0.05, 0) is 13.3 Å². The van der Waals surface area contributed by atoms with Gasteiger partial charge in [-0.3, -0.25) is 9.59 Å². The maximum absolute atomic E-state index is 12.2. The van der Waals surface area contributed by atoms with Crippen molar-refractivity contribution in [3.63, 3.8) is 0 Å². The van der Waals surface area contributed by atoms with Gasteiger partial charge in [-0.25, -0.2) is 0 Å². The van der Waals surface area contributed by atoms with Crippen LogP contribution in [-0.4, -0.2) is 58.5 Å². The average Bonchev–Trinajstić information content (AvgIpc) is 2.67. The van der Waals surface area contributed by atoms with Crippen molar-refractivity contribution in [3.8, 4) is 0 Å². The molecule has 0 bridgehead atoms. The van der Waals surface area contributed by atoms with E-state index in [2.05, 4.69) is 0 Å². The summed E-state index contributed by atoms with van der Waals surface area (Å²) < 4.78 is 0. The minimum Gasteiger partial charge on any atom is -0.391 e. The second kappa shape index (κ2) is 6.00. The van der Waals surface area contributed by atoms with Crippen LogP contribution in [0.15, 0.2) is 0 Å². The number of likely N-dealkylation sites (N-methyl/N-ethyl adjacent to an activating group) is 1. The van der Waals surface area contributed by atoms with Gasteiger partial charge >= 0.3 is 0 Å². The van der Waals surface area contributed by atoms with Crippen molar-refractivity contribution < 1.29 is 14.7 Å². The third kappa shape index (κ3) is 3.19. The van der Waals surface area contributed by atoms with Crippen LogP contribution in [0.25, 0.3) is 0 Å². The minimum atomic E-state index is -0.576. The van der Waals surface area contributed by atoms with Crippen LogP contribution in [0.1, 0.15) is 33.6 Å². The number of rotatable bonds is 4. The van der Waals surface area contributed by atoms with Crippen LogP contribution >= 0.6 is 0 Å². The molecule has 17 heavy (non-hydrogen) atoms. The minimum absolute atomic E-state index is 0.0406. The standard InChI is InChI=1S/C12H22N2O3/c1-4-6-13(5-2)12(17)11-7-10(16)8-14(11)9(3)15/h10-11,16H,4-8H2,1-3H3/t10-,11+/m1/s1. The van der Waals surface area contributed by atoms with Gasteiger partial charge in [0, 0.05) is 33.0 Å². The van der Waals surface area contributed by atoms with Gasteiger partial charge in [0.25, 0.3) is 0 Å². The summed E-state index contributed by atoms with van der Waals surface area (Å²) in [5, 5.41) is 9.59. The van der Waals surface area contributed by atoms with Crippen LogP contribution in [0, 0.1) is 0 Å². The highest BCUT2D eigenvalue weighted by Gasteiger charge is 2.38. The van der Waals surface area contributed by atoms with E-state index in [0.717, 1.165) is 6.42 Å². The van der Waals surface area contributed by atoms with Gasteiger partial charge in [-0.2, -0.15) is 0 Å². The number of aliphatic hydroxyl groups is 1. The summed E-state index contributed by atoms with van der Waals surface area (Å²) in [6.45, 7) is 7.00. The highest BCUT2D eigenvalue weighted by molar-refractivity contribution is 5.87. The van der Waals surface area contributed by atoms with Gasteiger partial charge in [0.1, 0.15) is 6.04 Å². The van der Waals surface area contributed by atoms with Crippen LogP contribution in [0.5, 0.6) is 0 Å². The largest absolute Gasteiger partial charge is 0.391 e. The van der Waals surface area contributed by atoms with E-state index in [9.17, 15) is 14.7 Å². The number of nitrogens with zero attached hydrogens (tertiary/aromatic N) is 2. The van der Waals surface area contributed by atoms with Crippen molar-refractivity contribution in [2.75, 3.05) is 19.6 Å². The third-order valence-corrected chi connectivity index (χ3v) is 3.16. The molecule has 5 heteroatoms. The molecule has 98 valence electrons. The van der Waals surface area contributed by atoms with Crippen molar-refractivity contribution in [1.82, 2.24) is 9.80 Å². The quantitative estimate of drug-likeness (QED) is 0.767. The second-order valence-corrected chi connectivity index (χ2v) is 4.49. The van der Waals surface area contributed by atoms with E-state index in [0.29, 0.717) is 19.5 Å². The van der Waals surface area contributed by atoms with Crippen LogP contribution < -0.4 is 0 Å². The molecular weight excluding hydrogens is 220 g/mol. The number of carbonyl (C=O) groups excluding carboxylic acids is 2.